The average molecular weight is 364 g/mol. The SMILES string of the molecule is Clc1cccc(-n2nc(-c3ccsc3)c3c2NCCCC3)c1Cl. The number of fused-ring (bicyclic) bond motifs is 1. The molecule has 1 aromatic carbocycles. The van der Waals surface area contributed by atoms with Gasteiger partial charge in [0, 0.05) is 23.1 Å². The maximum atomic E-state index is 6.43. The van der Waals surface area contributed by atoms with Gasteiger partial charge in [0.2, 0.25) is 0 Å². The molecule has 6 heteroatoms. The Morgan fingerprint density at radius 3 is 2.91 bits per heavy atom. The number of aromatic nitrogens is 2. The number of thiophene rings is 1. The molecule has 1 N–H and O–H groups in total. The number of rotatable bonds is 2. The molecule has 3 nitrogen and oxygen atoms in total. The third-order valence-electron chi connectivity index (χ3n) is 4.08. The van der Waals surface area contributed by atoms with Crippen molar-refractivity contribution in [2.45, 2.75) is 19.3 Å². The maximum Gasteiger partial charge on any atom is 0.133 e. The predicted octanol–water partition coefficient (Wildman–Crippen LogP) is 5.66. The molecule has 0 spiro atoms. The van der Waals surface area contributed by atoms with E-state index in [0.717, 1.165) is 48.6 Å². The van der Waals surface area contributed by atoms with E-state index >= 15 is 0 Å². The maximum absolute atomic E-state index is 6.43. The Morgan fingerprint density at radius 2 is 2.09 bits per heavy atom. The van der Waals surface area contributed by atoms with Gasteiger partial charge >= 0.3 is 0 Å². The first-order valence-electron chi connectivity index (χ1n) is 7.58. The van der Waals surface area contributed by atoms with Crippen molar-refractivity contribution in [3.05, 3.63) is 50.6 Å². The Balaban J connectivity index is 1.95. The lowest BCUT2D eigenvalue weighted by atomic mass is 10.1. The summed E-state index contributed by atoms with van der Waals surface area (Å²) >= 11 is 14.3. The first-order chi connectivity index (χ1) is 11.3. The Bertz CT molecular complexity index is 840. The fraction of sp³-hybridized carbons (Fsp3) is 0.235. The highest BCUT2D eigenvalue weighted by atomic mass is 35.5. The molecule has 0 atom stereocenters. The molecule has 118 valence electrons. The zero-order valence-corrected chi connectivity index (χ0v) is 14.7. The monoisotopic (exact) mass is 363 g/mol. The summed E-state index contributed by atoms with van der Waals surface area (Å²) in [7, 11) is 0. The summed E-state index contributed by atoms with van der Waals surface area (Å²) in [5, 5.41) is 13.7. The van der Waals surface area contributed by atoms with Crippen LogP contribution in [0.4, 0.5) is 5.82 Å². The van der Waals surface area contributed by atoms with Gasteiger partial charge in [-0.1, -0.05) is 29.3 Å². The number of hydrogen-bond acceptors (Lipinski definition) is 3. The molecular formula is C17H15Cl2N3S. The predicted molar refractivity (Wildman–Crippen MR) is 98.3 cm³/mol. The van der Waals surface area contributed by atoms with Crippen LogP contribution in [-0.4, -0.2) is 16.3 Å². The standard InChI is InChI=1S/C17H15Cl2N3S/c18-13-5-3-6-14(15(13)19)22-17-12(4-1-2-8-20-17)16(21-22)11-7-9-23-10-11/h3,5-7,9-10,20H,1-2,4,8H2. The van der Waals surface area contributed by atoms with Gasteiger partial charge < -0.3 is 5.32 Å². The molecule has 2 aromatic heterocycles. The summed E-state index contributed by atoms with van der Waals surface area (Å²) in [6.45, 7) is 0.944. The summed E-state index contributed by atoms with van der Waals surface area (Å²) in [4.78, 5) is 0. The molecule has 0 bridgehead atoms. The third kappa shape index (κ3) is 2.65. The quantitative estimate of drug-likeness (QED) is 0.636. The largest absolute Gasteiger partial charge is 0.370 e. The first kappa shape index (κ1) is 15.1. The minimum atomic E-state index is 0.530. The highest BCUT2D eigenvalue weighted by Crippen LogP contribution is 2.37. The highest BCUT2D eigenvalue weighted by Gasteiger charge is 2.23. The van der Waals surface area contributed by atoms with Crippen LogP contribution in [0.1, 0.15) is 18.4 Å². The van der Waals surface area contributed by atoms with Crippen LogP contribution in [0, 0.1) is 0 Å². The molecule has 1 aliphatic rings. The van der Waals surface area contributed by atoms with E-state index < -0.39 is 0 Å². The average Bonchev–Trinajstić information content (AvgIpc) is 3.12. The van der Waals surface area contributed by atoms with Gasteiger partial charge in [0.25, 0.3) is 0 Å². The van der Waals surface area contributed by atoms with Crippen molar-refractivity contribution in [1.82, 2.24) is 9.78 Å². The molecule has 0 unspecified atom stereocenters. The lowest BCUT2D eigenvalue weighted by Gasteiger charge is -2.11. The summed E-state index contributed by atoms with van der Waals surface area (Å²) in [5.41, 5.74) is 4.27. The molecule has 23 heavy (non-hydrogen) atoms. The number of halogens is 2. The minimum Gasteiger partial charge on any atom is -0.370 e. The van der Waals surface area contributed by atoms with Crippen LogP contribution >= 0.6 is 34.5 Å². The summed E-state index contributed by atoms with van der Waals surface area (Å²) in [5.74, 6) is 1.04. The molecule has 0 fully saturated rings. The molecule has 0 radical (unpaired) electrons. The van der Waals surface area contributed by atoms with Crippen LogP contribution in [0.5, 0.6) is 0 Å². The van der Waals surface area contributed by atoms with Gasteiger partial charge in [-0.15, -0.1) is 0 Å². The van der Waals surface area contributed by atoms with E-state index in [2.05, 4.69) is 22.1 Å². The zero-order chi connectivity index (χ0) is 15.8. The number of nitrogens with one attached hydrogen (secondary N) is 1. The summed E-state index contributed by atoms with van der Waals surface area (Å²) in [6, 6.07) is 7.76. The van der Waals surface area contributed by atoms with Crippen LogP contribution in [0.15, 0.2) is 35.0 Å². The van der Waals surface area contributed by atoms with Crippen LogP contribution in [0.3, 0.4) is 0 Å². The number of anilines is 1. The van der Waals surface area contributed by atoms with E-state index in [4.69, 9.17) is 28.3 Å². The van der Waals surface area contributed by atoms with Crippen LogP contribution < -0.4 is 5.32 Å². The van der Waals surface area contributed by atoms with Gasteiger partial charge in [-0.05, 0) is 42.8 Å². The van der Waals surface area contributed by atoms with Crippen LogP contribution in [-0.2, 0) is 6.42 Å². The van der Waals surface area contributed by atoms with Gasteiger partial charge in [0.15, 0.2) is 0 Å². The van der Waals surface area contributed by atoms with Crippen molar-refractivity contribution in [1.29, 1.82) is 0 Å². The zero-order valence-electron chi connectivity index (χ0n) is 12.4. The summed E-state index contributed by atoms with van der Waals surface area (Å²) in [6.07, 6.45) is 3.33. The molecule has 0 aliphatic carbocycles. The summed E-state index contributed by atoms with van der Waals surface area (Å²) < 4.78 is 1.90. The Labute approximate surface area is 148 Å². The lowest BCUT2D eigenvalue weighted by Crippen LogP contribution is -2.07. The van der Waals surface area contributed by atoms with Crippen molar-refractivity contribution in [3.63, 3.8) is 0 Å². The molecule has 0 saturated carbocycles. The second-order valence-electron chi connectivity index (χ2n) is 5.56. The minimum absolute atomic E-state index is 0.530. The van der Waals surface area contributed by atoms with Crippen LogP contribution in [0.2, 0.25) is 10.0 Å². The second kappa shape index (κ2) is 6.19. The first-order valence-corrected chi connectivity index (χ1v) is 9.28. The van der Waals surface area contributed by atoms with Crippen molar-refractivity contribution < 1.29 is 0 Å². The number of nitrogens with zero attached hydrogens (tertiary/aromatic N) is 2. The van der Waals surface area contributed by atoms with E-state index in [1.165, 1.54) is 5.56 Å². The van der Waals surface area contributed by atoms with Crippen molar-refractivity contribution >= 4 is 40.4 Å². The highest BCUT2D eigenvalue weighted by molar-refractivity contribution is 7.08. The number of hydrogen-bond donors (Lipinski definition) is 1. The molecule has 1 aliphatic heterocycles. The Hall–Kier alpha value is -1.49. The van der Waals surface area contributed by atoms with E-state index in [1.54, 1.807) is 17.4 Å². The van der Waals surface area contributed by atoms with Gasteiger partial charge in [0.05, 0.1) is 21.4 Å². The fourth-order valence-electron chi connectivity index (χ4n) is 2.96. The normalized spacial score (nSPS) is 14.2. The molecule has 3 aromatic rings. The smallest absolute Gasteiger partial charge is 0.133 e. The van der Waals surface area contributed by atoms with E-state index in [-0.39, 0.29) is 0 Å². The Morgan fingerprint density at radius 1 is 1.17 bits per heavy atom. The molecule has 3 heterocycles. The molecular weight excluding hydrogens is 349 g/mol. The van der Waals surface area contributed by atoms with E-state index in [0.29, 0.717) is 10.0 Å². The fourth-order valence-corrected chi connectivity index (χ4v) is 3.98. The number of benzene rings is 1. The van der Waals surface area contributed by atoms with Crippen molar-refractivity contribution in [2.75, 3.05) is 11.9 Å². The van der Waals surface area contributed by atoms with Crippen molar-refractivity contribution in [3.8, 4) is 16.9 Å². The van der Waals surface area contributed by atoms with Gasteiger partial charge in [-0.2, -0.15) is 16.4 Å². The van der Waals surface area contributed by atoms with E-state index in [9.17, 15) is 0 Å². The topological polar surface area (TPSA) is 29.9 Å². The molecule has 0 saturated heterocycles. The van der Waals surface area contributed by atoms with Crippen molar-refractivity contribution in [2.24, 2.45) is 0 Å². The van der Waals surface area contributed by atoms with E-state index in [1.807, 2.05) is 16.8 Å². The lowest BCUT2D eigenvalue weighted by molar-refractivity contribution is 0.780. The van der Waals surface area contributed by atoms with Gasteiger partial charge in [-0.25, -0.2) is 4.68 Å². The molecule has 4 rings (SSSR count). The third-order valence-corrected chi connectivity index (χ3v) is 5.58. The molecule has 0 amide bonds. The van der Waals surface area contributed by atoms with Crippen LogP contribution in [0.25, 0.3) is 16.9 Å². The second-order valence-corrected chi connectivity index (χ2v) is 7.12. The van der Waals surface area contributed by atoms with Gasteiger partial charge in [0.1, 0.15) is 5.82 Å². The van der Waals surface area contributed by atoms with Gasteiger partial charge in [-0.3, -0.25) is 0 Å². The Kier molecular flexibility index (Phi) is 4.05.